The van der Waals surface area contributed by atoms with Crippen LogP contribution in [0.25, 0.3) is 10.8 Å². The zero-order chi connectivity index (χ0) is 17.8. The van der Waals surface area contributed by atoms with Gasteiger partial charge in [-0.15, -0.1) is 0 Å². The Morgan fingerprint density at radius 3 is 2.44 bits per heavy atom. The van der Waals surface area contributed by atoms with Gasteiger partial charge in [-0.25, -0.2) is 0 Å². The van der Waals surface area contributed by atoms with Crippen molar-refractivity contribution in [1.29, 1.82) is 0 Å². The lowest BCUT2D eigenvalue weighted by molar-refractivity contribution is -0.145. The topological polar surface area (TPSA) is 72.9 Å². The van der Waals surface area contributed by atoms with Gasteiger partial charge in [-0.3, -0.25) is 14.5 Å². The monoisotopic (exact) mass is 341 g/mol. The molecule has 0 aliphatic carbocycles. The molecule has 6 nitrogen and oxygen atoms in total. The van der Waals surface area contributed by atoms with E-state index in [0.717, 1.165) is 23.9 Å². The highest BCUT2D eigenvalue weighted by Gasteiger charge is 2.30. The summed E-state index contributed by atoms with van der Waals surface area (Å²) in [5.41, 5.74) is 0.686. The molecule has 2 aromatic rings. The molecule has 1 saturated heterocycles. The molecule has 0 saturated carbocycles. The van der Waals surface area contributed by atoms with E-state index in [4.69, 9.17) is 0 Å². The zero-order valence-corrected chi connectivity index (χ0v) is 14.3. The largest absolute Gasteiger partial charge is 0.480 e. The van der Waals surface area contributed by atoms with Crippen LogP contribution in [0.1, 0.15) is 6.42 Å². The van der Waals surface area contributed by atoms with E-state index in [2.05, 4.69) is 10.2 Å². The molecule has 6 heteroatoms. The highest BCUT2D eigenvalue weighted by molar-refractivity contribution is 5.96. The number of hydrogen-bond donors (Lipinski definition) is 2. The molecule has 1 aliphatic rings. The fourth-order valence-corrected chi connectivity index (χ4v) is 3.16. The summed E-state index contributed by atoms with van der Waals surface area (Å²) in [5, 5.41) is 14.5. The van der Waals surface area contributed by atoms with Gasteiger partial charge >= 0.3 is 5.97 Å². The number of benzene rings is 2. The van der Waals surface area contributed by atoms with Crippen LogP contribution in [0.15, 0.2) is 42.5 Å². The highest BCUT2D eigenvalue weighted by atomic mass is 16.4. The molecule has 1 fully saturated rings. The van der Waals surface area contributed by atoms with Crippen LogP contribution in [0.3, 0.4) is 0 Å². The van der Waals surface area contributed by atoms with Crippen LogP contribution >= 0.6 is 0 Å². The lowest BCUT2D eigenvalue weighted by atomic mass is 10.1. The smallest absolute Gasteiger partial charge is 0.321 e. The van der Waals surface area contributed by atoms with Gasteiger partial charge in [0.15, 0.2) is 0 Å². The van der Waals surface area contributed by atoms with E-state index in [-0.39, 0.29) is 12.3 Å². The molecule has 0 spiro atoms. The SMILES string of the molecule is CN1CCN(C(CC(=O)Nc2ccc3ccccc3c2)C(=O)O)CC1. The molecule has 25 heavy (non-hydrogen) atoms. The van der Waals surface area contributed by atoms with Gasteiger partial charge < -0.3 is 15.3 Å². The number of carboxylic acids is 1. The first-order chi connectivity index (χ1) is 12.0. The third-order valence-electron chi connectivity index (χ3n) is 4.68. The standard InChI is InChI=1S/C19H23N3O3/c1-21-8-10-22(11-9-21)17(19(24)25)13-18(23)20-16-7-6-14-4-2-3-5-15(14)12-16/h2-7,12,17H,8-11,13H2,1H3,(H,20,23)(H,24,25). The molecule has 1 unspecified atom stereocenters. The molecule has 1 atom stereocenters. The van der Waals surface area contributed by atoms with Crippen molar-refractivity contribution in [3.05, 3.63) is 42.5 Å². The minimum atomic E-state index is -0.946. The molecule has 0 radical (unpaired) electrons. The third kappa shape index (κ3) is 4.35. The van der Waals surface area contributed by atoms with Gasteiger partial charge in [0.25, 0.3) is 0 Å². The summed E-state index contributed by atoms with van der Waals surface area (Å²) in [6.07, 6.45) is -0.0497. The van der Waals surface area contributed by atoms with E-state index in [9.17, 15) is 14.7 Å². The Balaban J connectivity index is 1.65. The summed E-state index contributed by atoms with van der Waals surface area (Å²) >= 11 is 0. The minimum absolute atomic E-state index is 0.0497. The van der Waals surface area contributed by atoms with Crippen LogP contribution < -0.4 is 5.32 Å². The van der Waals surface area contributed by atoms with Crippen molar-refractivity contribution in [3.63, 3.8) is 0 Å². The maximum absolute atomic E-state index is 12.4. The van der Waals surface area contributed by atoms with Crippen LogP contribution in [0.5, 0.6) is 0 Å². The van der Waals surface area contributed by atoms with Crippen molar-refractivity contribution in [2.24, 2.45) is 0 Å². The number of carbonyl (C=O) groups excluding carboxylic acids is 1. The van der Waals surface area contributed by atoms with Gasteiger partial charge in [-0.05, 0) is 30.0 Å². The number of amides is 1. The van der Waals surface area contributed by atoms with Crippen molar-refractivity contribution in [1.82, 2.24) is 9.80 Å². The lowest BCUT2D eigenvalue weighted by Crippen LogP contribution is -2.52. The Kier molecular flexibility index (Phi) is 5.31. The van der Waals surface area contributed by atoms with Crippen molar-refractivity contribution in [2.45, 2.75) is 12.5 Å². The summed E-state index contributed by atoms with van der Waals surface area (Å²) in [7, 11) is 2.01. The van der Waals surface area contributed by atoms with Gasteiger partial charge in [-0.1, -0.05) is 30.3 Å². The molecule has 2 N–H and O–H groups in total. The Hall–Kier alpha value is -2.44. The second kappa shape index (κ2) is 7.63. The second-order valence-electron chi connectivity index (χ2n) is 6.51. The average molecular weight is 341 g/mol. The van der Waals surface area contributed by atoms with Crippen LogP contribution in [0, 0.1) is 0 Å². The van der Waals surface area contributed by atoms with Gasteiger partial charge in [0.2, 0.25) is 5.91 Å². The van der Waals surface area contributed by atoms with Crippen LogP contribution in [0.4, 0.5) is 5.69 Å². The molecular weight excluding hydrogens is 318 g/mol. The van der Waals surface area contributed by atoms with Crippen molar-refractivity contribution in [2.75, 3.05) is 38.5 Å². The summed E-state index contributed by atoms with van der Waals surface area (Å²) in [6, 6.07) is 12.8. The number of piperazine rings is 1. The number of carbonyl (C=O) groups is 2. The third-order valence-corrected chi connectivity index (χ3v) is 4.68. The lowest BCUT2D eigenvalue weighted by Gasteiger charge is -2.35. The summed E-state index contributed by atoms with van der Waals surface area (Å²) in [6.45, 7) is 2.96. The zero-order valence-electron chi connectivity index (χ0n) is 14.3. The van der Waals surface area contributed by atoms with E-state index in [1.165, 1.54) is 0 Å². The summed E-state index contributed by atoms with van der Waals surface area (Å²) in [4.78, 5) is 28.0. The van der Waals surface area contributed by atoms with Gasteiger partial charge in [0, 0.05) is 31.9 Å². The molecule has 1 aliphatic heterocycles. The average Bonchev–Trinajstić information content (AvgIpc) is 2.60. The molecule has 0 aromatic heterocycles. The number of carboxylic acid groups (broad SMARTS) is 1. The van der Waals surface area contributed by atoms with Crippen LogP contribution in [0.2, 0.25) is 0 Å². The van der Waals surface area contributed by atoms with E-state index in [0.29, 0.717) is 18.8 Å². The second-order valence-corrected chi connectivity index (χ2v) is 6.51. The molecule has 132 valence electrons. The summed E-state index contributed by atoms with van der Waals surface area (Å²) in [5.74, 6) is -1.22. The van der Waals surface area contributed by atoms with E-state index in [1.54, 1.807) is 0 Å². The Bertz CT molecular complexity index is 769. The minimum Gasteiger partial charge on any atom is -0.480 e. The van der Waals surface area contributed by atoms with E-state index >= 15 is 0 Å². The number of likely N-dealkylation sites (N-methyl/N-ethyl adjacent to an activating group) is 1. The first kappa shape index (κ1) is 17.4. The molecular formula is C19H23N3O3. The summed E-state index contributed by atoms with van der Waals surface area (Å²) < 4.78 is 0. The number of nitrogens with one attached hydrogen (secondary N) is 1. The Morgan fingerprint density at radius 2 is 1.76 bits per heavy atom. The molecule has 0 bridgehead atoms. The van der Waals surface area contributed by atoms with Gasteiger partial charge in [-0.2, -0.15) is 0 Å². The van der Waals surface area contributed by atoms with E-state index < -0.39 is 12.0 Å². The number of aliphatic carboxylic acids is 1. The van der Waals surface area contributed by atoms with Crippen molar-refractivity contribution in [3.8, 4) is 0 Å². The predicted molar refractivity (Wildman–Crippen MR) is 97.7 cm³/mol. The molecule has 1 amide bonds. The van der Waals surface area contributed by atoms with Crippen molar-refractivity contribution >= 4 is 28.3 Å². The number of nitrogens with zero attached hydrogens (tertiary/aromatic N) is 2. The first-order valence-corrected chi connectivity index (χ1v) is 8.47. The quantitative estimate of drug-likeness (QED) is 0.869. The molecule has 2 aromatic carbocycles. The van der Waals surface area contributed by atoms with Crippen molar-refractivity contribution < 1.29 is 14.7 Å². The van der Waals surface area contributed by atoms with Gasteiger partial charge in [0.1, 0.15) is 6.04 Å². The van der Waals surface area contributed by atoms with Gasteiger partial charge in [0.05, 0.1) is 6.42 Å². The molecule has 1 heterocycles. The highest BCUT2D eigenvalue weighted by Crippen LogP contribution is 2.19. The number of anilines is 1. The fraction of sp³-hybridized carbons (Fsp3) is 0.368. The van der Waals surface area contributed by atoms with Crippen LogP contribution in [-0.2, 0) is 9.59 Å². The Morgan fingerprint density at radius 1 is 1.08 bits per heavy atom. The number of fused-ring (bicyclic) bond motifs is 1. The van der Waals surface area contributed by atoms with Crippen LogP contribution in [-0.4, -0.2) is 66.1 Å². The normalized spacial score (nSPS) is 17.3. The number of hydrogen-bond acceptors (Lipinski definition) is 4. The maximum atomic E-state index is 12.4. The van der Waals surface area contributed by atoms with E-state index in [1.807, 2.05) is 54.4 Å². The Labute approximate surface area is 147 Å². The maximum Gasteiger partial charge on any atom is 0.321 e. The first-order valence-electron chi connectivity index (χ1n) is 8.47. The number of rotatable bonds is 5. The fourth-order valence-electron chi connectivity index (χ4n) is 3.16. The molecule has 3 rings (SSSR count). The predicted octanol–water partition coefficient (Wildman–Crippen LogP) is 1.87.